The fourth-order valence-corrected chi connectivity index (χ4v) is 2.82. The van der Waals surface area contributed by atoms with Crippen molar-refractivity contribution in [3.63, 3.8) is 0 Å². The minimum atomic E-state index is 0.0208. The van der Waals surface area contributed by atoms with Crippen LogP contribution in [0.1, 0.15) is 19.8 Å². The number of aromatic nitrogens is 1. The highest BCUT2D eigenvalue weighted by atomic mass is 16.1. The van der Waals surface area contributed by atoms with Crippen LogP contribution in [0, 0.1) is 0 Å². The van der Waals surface area contributed by atoms with Crippen molar-refractivity contribution in [2.24, 2.45) is 0 Å². The van der Waals surface area contributed by atoms with Gasteiger partial charge in [-0.15, -0.1) is 0 Å². The number of nitrogens with two attached hydrogens (primary N) is 1. The van der Waals surface area contributed by atoms with E-state index < -0.39 is 0 Å². The summed E-state index contributed by atoms with van der Waals surface area (Å²) in [5.74, 6) is 0.556. The Morgan fingerprint density at radius 1 is 1.35 bits per heavy atom. The summed E-state index contributed by atoms with van der Waals surface area (Å²) in [6, 6.07) is 10.2. The molecule has 20 heavy (non-hydrogen) atoms. The molecule has 0 unspecified atom stereocenters. The first-order valence-electron chi connectivity index (χ1n) is 7.33. The lowest BCUT2D eigenvalue weighted by Crippen LogP contribution is -2.33. The van der Waals surface area contributed by atoms with Crippen LogP contribution in [0.25, 0.3) is 10.8 Å². The summed E-state index contributed by atoms with van der Waals surface area (Å²) >= 11 is 0. The standard InChI is InChI=1S/C16H21N3O/c1-2-18(13-7-8-13)9-10-19-15(17)11-12-5-3-4-6-14(12)16(19)20/h3-6,11,13H,2,7-10,17H2,1H3. The second-order valence-electron chi connectivity index (χ2n) is 5.47. The van der Waals surface area contributed by atoms with Crippen LogP contribution in [0.2, 0.25) is 0 Å². The number of hydrogen-bond donors (Lipinski definition) is 1. The van der Waals surface area contributed by atoms with E-state index in [1.54, 1.807) is 4.57 Å². The van der Waals surface area contributed by atoms with Crippen molar-refractivity contribution >= 4 is 16.6 Å². The second-order valence-corrected chi connectivity index (χ2v) is 5.47. The first-order valence-corrected chi connectivity index (χ1v) is 7.33. The maximum Gasteiger partial charge on any atom is 0.260 e. The Kier molecular flexibility index (Phi) is 3.49. The van der Waals surface area contributed by atoms with Gasteiger partial charge in [0.05, 0.1) is 0 Å². The van der Waals surface area contributed by atoms with Gasteiger partial charge in [-0.25, -0.2) is 0 Å². The molecule has 1 aliphatic carbocycles. The summed E-state index contributed by atoms with van der Waals surface area (Å²) in [6.45, 7) is 4.77. The molecule has 0 bridgehead atoms. The molecular weight excluding hydrogens is 250 g/mol. The van der Waals surface area contributed by atoms with Gasteiger partial charge in [-0.05, 0) is 36.9 Å². The molecule has 4 nitrogen and oxygen atoms in total. The largest absolute Gasteiger partial charge is 0.385 e. The normalized spacial score (nSPS) is 15.1. The zero-order chi connectivity index (χ0) is 14.1. The Hall–Kier alpha value is -1.81. The molecule has 2 N–H and O–H groups in total. The van der Waals surface area contributed by atoms with Gasteiger partial charge in [0, 0.05) is 24.5 Å². The van der Waals surface area contributed by atoms with Gasteiger partial charge in [0.2, 0.25) is 0 Å². The van der Waals surface area contributed by atoms with Crippen molar-refractivity contribution in [1.29, 1.82) is 0 Å². The quantitative estimate of drug-likeness (QED) is 0.905. The molecule has 2 aromatic rings. The number of benzene rings is 1. The Bertz CT molecular complexity index is 673. The predicted octanol–water partition coefficient (Wildman–Crippen LogP) is 2.07. The van der Waals surface area contributed by atoms with E-state index in [4.69, 9.17) is 5.73 Å². The third-order valence-corrected chi connectivity index (χ3v) is 4.13. The Balaban J connectivity index is 1.89. The fraction of sp³-hybridized carbons (Fsp3) is 0.438. The summed E-state index contributed by atoms with van der Waals surface area (Å²) < 4.78 is 1.70. The number of rotatable bonds is 5. The zero-order valence-electron chi connectivity index (χ0n) is 11.9. The molecule has 1 aliphatic rings. The van der Waals surface area contributed by atoms with E-state index in [0.29, 0.717) is 12.4 Å². The third kappa shape index (κ3) is 2.43. The number of nitrogen functional groups attached to an aromatic ring is 1. The molecule has 0 spiro atoms. The summed E-state index contributed by atoms with van der Waals surface area (Å²) in [5, 5.41) is 1.66. The molecule has 106 valence electrons. The van der Waals surface area contributed by atoms with E-state index in [1.807, 2.05) is 30.3 Å². The van der Waals surface area contributed by atoms with Gasteiger partial charge in [0.25, 0.3) is 5.56 Å². The first-order chi connectivity index (χ1) is 9.70. The smallest absolute Gasteiger partial charge is 0.260 e. The predicted molar refractivity (Wildman–Crippen MR) is 82.9 cm³/mol. The first kappa shape index (κ1) is 13.2. The average Bonchev–Trinajstić information content (AvgIpc) is 3.27. The van der Waals surface area contributed by atoms with E-state index in [0.717, 1.165) is 29.9 Å². The van der Waals surface area contributed by atoms with Crippen molar-refractivity contribution in [3.8, 4) is 0 Å². The van der Waals surface area contributed by atoms with Gasteiger partial charge < -0.3 is 5.73 Å². The summed E-state index contributed by atoms with van der Waals surface area (Å²) in [7, 11) is 0. The number of fused-ring (bicyclic) bond motifs is 1. The number of anilines is 1. The Morgan fingerprint density at radius 3 is 2.80 bits per heavy atom. The number of hydrogen-bond acceptors (Lipinski definition) is 3. The van der Waals surface area contributed by atoms with Crippen LogP contribution in [0.5, 0.6) is 0 Å². The van der Waals surface area contributed by atoms with E-state index in [1.165, 1.54) is 12.8 Å². The molecular formula is C16H21N3O. The molecule has 1 heterocycles. The SMILES string of the molecule is CCN(CCn1c(N)cc2ccccc2c1=O)C1CC1. The van der Waals surface area contributed by atoms with E-state index >= 15 is 0 Å². The van der Waals surface area contributed by atoms with Gasteiger partial charge in [0.1, 0.15) is 5.82 Å². The number of likely N-dealkylation sites (N-methyl/N-ethyl adjacent to an activating group) is 1. The van der Waals surface area contributed by atoms with Gasteiger partial charge in [-0.2, -0.15) is 0 Å². The minimum absolute atomic E-state index is 0.0208. The summed E-state index contributed by atoms with van der Waals surface area (Å²) in [5.41, 5.74) is 6.07. The number of pyridine rings is 1. The van der Waals surface area contributed by atoms with Crippen LogP contribution >= 0.6 is 0 Å². The van der Waals surface area contributed by atoms with Crippen LogP contribution in [-0.4, -0.2) is 28.6 Å². The highest BCUT2D eigenvalue weighted by molar-refractivity contribution is 5.83. The van der Waals surface area contributed by atoms with E-state index in [9.17, 15) is 4.79 Å². The molecule has 0 saturated heterocycles. The Morgan fingerprint density at radius 2 is 2.10 bits per heavy atom. The highest BCUT2D eigenvalue weighted by Crippen LogP contribution is 2.26. The maximum atomic E-state index is 12.5. The van der Waals surface area contributed by atoms with Crippen LogP contribution in [0.3, 0.4) is 0 Å². The van der Waals surface area contributed by atoms with Crippen molar-refractivity contribution in [3.05, 3.63) is 40.7 Å². The molecule has 3 rings (SSSR count). The van der Waals surface area contributed by atoms with Crippen LogP contribution in [0.4, 0.5) is 5.82 Å². The minimum Gasteiger partial charge on any atom is -0.385 e. The van der Waals surface area contributed by atoms with E-state index in [2.05, 4.69) is 11.8 Å². The van der Waals surface area contributed by atoms with Crippen LogP contribution in [0.15, 0.2) is 35.1 Å². The van der Waals surface area contributed by atoms with Crippen molar-refractivity contribution in [1.82, 2.24) is 9.47 Å². The maximum absolute atomic E-state index is 12.5. The lowest BCUT2D eigenvalue weighted by atomic mass is 10.1. The number of nitrogens with zero attached hydrogens (tertiary/aromatic N) is 2. The van der Waals surface area contributed by atoms with Gasteiger partial charge >= 0.3 is 0 Å². The Labute approximate surface area is 118 Å². The summed E-state index contributed by atoms with van der Waals surface area (Å²) in [4.78, 5) is 14.9. The second kappa shape index (κ2) is 5.29. The average molecular weight is 271 g/mol. The lowest BCUT2D eigenvalue weighted by molar-refractivity contribution is 0.266. The molecule has 0 atom stereocenters. The monoisotopic (exact) mass is 271 g/mol. The molecule has 1 fully saturated rings. The molecule has 1 aromatic carbocycles. The molecule has 1 aromatic heterocycles. The van der Waals surface area contributed by atoms with Crippen molar-refractivity contribution < 1.29 is 0 Å². The third-order valence-electron chi connectivity index (χ3n) is 4.13. The molecule has 0 aliphatic heterocycles. The lowest BCUT2D eigenvalue weighted by Gasteiger charge is -2.21. The molecule has 0 amide bonds. The van der Waals surface area contributed by atoms with Gasteiger partial charge in [-0.3, -0.25) is 14.3 Å². The van der Waals surface area contributed by atoms with Crippen LogP contribution < -0.4 is 11.3 Å². The zero-order valence-corrected chi connectivity index (χ0v) is 11.9. The molecule has 0 radical (unpaired) electrons. The topological polar surface area (TPSA) is 51.3 Å². The van der Waals surface area contributed by atoms with Crippen LogP contribution in [-0.2, 0) is 6.54 Å². The van der Waals surface area contributed by atoms with Gasteiger partial charge in [0.15, 0.2) is 0 Å². The highest BCUT2D eigenvalue weighted by Gasteiger charge is 2.27. The van der Waals surface area contributed by atoms with E-state index in [-0.39, 0.29) is 5.56 Å². The summed E-state index contributed by atoms with van der Waals surface area (Å²) in [6.07, 6.45) is 2.58. The van der Waals surface area contributed by atoms with Gasteiger partial charge in [-0.1, -0.05) is 25.1 Å². The molecule has 4 heteroatoms. The van der Waals surface area contributed by atoms with Crippen molar-refractivity contribution in [2.75, 3.05) is 18.8 Å². The van der Waals surface area contributed by atoms with Crippen molar-refractivity contribution in [2.45, 2.75) is 32.4 Å². The fourth-order valence-electron chi connectivity index (χ4n) is 2.82. The molecule has 1 saturated carbocycles.